The highest BCUT2D eigenvalue weighted by atomic mass is 19.1. The number of benzene rings is 3. The van der Waals surface area contributed by atoms with E-state index in [1.54, 1.807) is 6.07 Å². The Kier molecular flexibility index (Phi) is 4.53. The third kappa shape index (κ3) is 3.02. The van der Waals surface area contributed by atoms with Crippen molar-refractivity contribution in [1.82, 2.24) is 0 Å². The van der Waals surface area contributed by atoms with Crippen molar-refractivity contribution in [2.75, 3.05) is 10.6 Å². The van der Waals surface area contributed by atoms with Gasteiger partial charge in [0.15, 0.2) is 0 Å². The van der Waals surface area contributed by atoms with E-state index in [-0.39, 0.29) is 6.04 Å². The molecular formula is C27H24F2N2O. The second-order valence-electron chi connectivity index (χ2n) is 9.32. The number of carbonyl (C=O) groups is 1. The fourth-order valence-corrected chi connectivity index (χ4v) is 6.42. The summed E-state index contributed by atoms with van der Waals surface area (Å²) in [6.07, 6.45) is 3.72. The molecule has 0 radical (unpaired) electrons. The van der Waals surface area contributed by atoms with Gasteiger partial charge in [0.1, 0.15) is 17.3 Å². The fourth-order valence-electron chi connectivity index (χ4n) is 6.42. The van der Waals surface area contributed by atoms with Crippen molar-refractivity contribution in [3.63, 3.8) is 0 Å². The minimum Gasteiger partial charge on any atom is -0.378 e. The van der Waals surface area contributed by atoms with Gasteiger partial charge in [-0.25, -0.2) is 8.78 Å². The molecule has 1 amide bonds. The number of nitrogens with one attached hydrogen (secondary N) is 2. The van der Waals surface area contributed by atoms with Crippen LogP contribution < -0.4 is 10.6 Å². The number of hydrogen-bond acceptors (Lipinski definition) is 2. The maximum Gasteiger partial charge on any atom is 0.255 e. The Balaban J connectivity index is 1.36. The third-order valence-electron chi connectivity index (χ3n) is 7.71. The molecule has 3 aromatic rings. The van der Waals surface area contributed by atoms with Crippen LogP contribution in [0, 0.1) is 29.4 Å². The number of fused-ring (bicyclic) bond motifs is 7. The predicted octanol–water partition coefficient (Wildman–Crippen LogP) is 6.51. The van der Waals surface area contributed by atoms with Gasteiger partial charge in [-0.1, -0.05) is 36.4 Å². The van der Waals surface area contributed by atoms with Crippen molar-refractivity contribution in [3.8, 4) is 0 Å². The molecule has 2 N–H and O–H groups in total. The highest BCUT2D eigenvalue weighted by Gasteiger charge is 2.53. The molecule has 32 heavy (non-hydrogen) atoms. The SMILES string of the molecule is O=C(Nc1c(F)cccc1F)c1ccc2c(c1)[C@@H]1[C@H]3CC[C@@H](C3)[C@H]1[C@H](c1ccccc1)N2. The number of halogens is 2. The quantitative estimate of drug-likeness (QED) is 0.497. The molecule has 0 aromatic heterocycles. The topological polar surface area (TPSA) is 41.1 Å². The number of amides is 1. The Bertz CT molecular complexity index is 1180. The molecule has 0 unspecified atom stereocenters. The van der Waals surface area contributed by atoms with Crippen LogP contribution in [-0.4, -0.2) is 5.91 Å². The highest BCUT2D eigenvalue weighted by molar-refractivity contribution is 6.04. The van der Waals surface area contributed by atoms with Crippen molar-refractivity contribution < 1.29 is 13.6 Å². The van der Waals surface area contributed by atoms with Gasteiger partial charge in [-0.05, 0) is 84.4 Å². The number of rotatable bonds is 3. The normalized spacial score (nSPS) is 27.4. The van der Waals surface area contributed by atoms with Gasteiger partial charge in [-0.2, -0.15) is 0 Å². The minimum atomic E-state index is -0.781. The van der Waals surface area contributed by atoms with Crippen LogP contribution in [0.2, 0.25) is 0 Å². The van der Waals surface area contributed by atoms with E-state index in [0.29, 0.717) is 29.2 Å². The van der Waals surface area contributed by atoms with E-state index in [9.17, 15) is 13.6 Å². The third-order valence-corrected chi connectivity index (χ3v) is 7.71. The minimum absolute atomic E-state index is 0.260. The zero-order chi connectivity index (χ0) is 21.8. The van der Waals surface area contributed by atoms with Crippen LogP contribution in [0.4, 0.5) is 20.2 Å². The molecule has 2 bridgehead atoms. The summed E-state index contributed by atoms with van der Waals surface area (Å²) in [5.74, 6) is 0.134. The van der Waals surface area contributed by atoms with E-state index in [0.717, 1.165) is 23.4 Å². The van der Waals surface area contributed by atoms with Crippen LogP contribution in [0.25, 0.3) is 0 Å². The highest BCUT2D eigenvalue weighted by Crippen LogP contribution is 2.63. The van der Waals surface area contributed by atoms with Crippen LogP contribution in [-0.2, 0) is 0 Å². The van der Waals surface area contributed by atoms with E-state index in [2.05, 4.69) is 34.9 Å². The van der Waals surface area contributed by atoms with Crippen LogP contribution in [0.15, 0.2) is 66.7 Å². The number of hydrogen-bond donors (Lipinski definition) is 2. The van der Waals surface area contributed by atoms with Crippen molar-refractivity contribution in [3.05, 3.63) is 95.1 Å². The smallest absolute Gasteiger partial charge is 0.255 e. The molecule has 6 rings (SSSR count). The molecule has 3 nitrogen and oxygen atoms in total. The van der Waals surface area contributed by atoms with Crippen molar-refractivity contribution >= 4 is 17.3 Å². The summed E-state index contributed by atoms with van der Waals surface area (Å²) in [5.41, 5.74) is 3.54. The largest absolute Gasteiger partial charge is 0.378 e. The van der Waals surface area contributed by atoms with Crippen molar-refractivity contribution in [1.29, 1.82) is 0 Å². The molecule has 3 aliphatic rings. The molecule has 1 heterocycles. The van der Waals surface area contributed by atoms with Gasteiger partial charge >= 0.3 is 0 Å². The van der Waals surface area contributed by atoms with E-state index < -0.39 is 23.2 Å². The first-order valence-electron chi connectivity index (χ1n) is 11.3. The zero-order valence-electron chi connectivity index (χ0n) is 17.5. The maximum atomic E-state index is 14.0. The van der Waals surface area contributed by atoms with Crippen molar-refractivity contribution in [2.24, 2.45) is 17.8 Å². The Morgan fingerprint density at radius 3 is 2.44 bits per heavy atom. The average molecular weight is 430 g/mol. The Hall–Kier alpha value is -3.21. The van der Waals surface area contributed by atoms with Crippen LogP contribution in [0.5, 0.6) is 0 Å². The second-order valence-corrected chi connectivity index (χ2v) is 9.32. The molecular weight excluding hydrogens is 406 g/mol. The first-order chi connectivity index (χ1) is 15.6. The number of anilines is 2. The summed E-state index contributed by atoms with van der Waals surface area (Å²) in [6, 6.07) is 20.0. The molecule has 0 spiro atoms. The summed E-state index contributed by atoms with van der Waals surface area (Å²) in [6.45, 7) is 0. The summed E-state index contributed by atoms with van der Waals surface area (Å²) >= 11 is 0. The Morgan fingerprint density at radius 2 is 1.66 bits per heavy atom. The van der Waals surface area contributed by atoms with Gasteiger partial charge in [0.25, 0.3) is 5.91 Å². The van der Waals surface area contributed by atoms with Crippen molar-refractivity contribution in [2.45, 2.75) is 31.2 Å². The second kappa shape index (κ2) is 7.44. The van der Waals surface area contributed by atoms with Crippen LogP contribution >= 0.6 is 0 Å². The average Bonchev–Trinajstić information content (AvgIpc) is 3.44. The summed E-state index contributed by atoms with van der Waals surface area (Å²) in [4.78, 5) is 12.9. The number of carbonyl (C=O) groups excluding carboxylic acids is 1. The van der Waals surface area contributed by atoms with Gasteiger partial charge in [0.2, 0.25) is 0 Å². The van der Waals surface area contributed by atoms with Crippen LogP contribution in [0.1, 0.15) is 52.7 Å². The van der Waals surface area contributed by atoms with Gasteiger partial charge in [-0.15, -0.1) is 0 Å². The molecule has 162 valence electrons. The van der Waals surface area contributed by atoms with Gasteiger partial charge in [-0.3, -0.25) is 4.79 Å². The van der Waals surface area contributed by atoms with Gasteiger partial charge in [0.05, 0.1) is 6.04 Å². The van der Waals surface area contributed by atoms with E-state index in [4.69, 9.17) is 0 Å². The van der Waals surface area contributed by atoms with E-state index >= 15 is 0 Å². The monoisotopic (exact) mass is 430 g/mol. The molecule has 5 atom stereocenters. The van der Waals surface area contributed by atoms with E-state index in [1.165, 1.54) is 30.9 Å². The molecule has 1 aliphatic heterocycles. The lowest BCUT2D eigenvalue weighted by Crippen LogP contribution is -2.35. The lowest BCUT2D eigenvalue weighted by Gasteiger charge is -2.43. The Labute approximate surface area is 185 Å². The first-order valence-corrected chi connectivity index (χ1v) is 11.3. The van der Waals surface area contributed by atoms with E-state index in [1.807, 2.05) is 18.2 Å². The summed E-state index contributed by atoms with van der Waals surface area (Å²) < 4.78 is 28.0. The molecule has 2 saturated carbocycles. The fraction of sp³-hybridized carbons (Fsp3) is 0.296. The number of para-hydroxylation sites is 1. The predicted molar refractivity (Wildman–Crippen MR) is 121 cm³/mol. The Morgan fingerprint density at radius 1 is 0.906 bits per heavy atom. The standard InChI is InChI=1S/C27H24F2N2O/c28-20-7-4-8-21(29)26(20)31-27(32)18-11-12-22-19(14-18)23-16-9-10-17(13-16)24(23)25(30-22)15-5-2-1-3-6-15/h1-8,11-12,14,16-17,23-25,30H,9-10,13H2,(H,31,32)/t16-,17-,23-,24+,25-/m0/s1. The molecule has 5 heteroatoms. The maximum absolute atomic E-state index is 14.0. The lowest BCUT2D eigenvalue weighted by molar-refractivity contribution is 0.102. The van der Waals surface area contributed by atoms with Crippen LogP contribution in [0.3, 0.4) is 0 Å². The lowest BCUT2D eigenvalue weighted by atomic mass is 9.68. The van der Waals surface area contributed by atoms with Gasteiger partial charge in [0, 0.05) is 11.3 Å². The molecule has 2 aliphatic carbocycles. The zero-order valence-corrected chi connectivity index (χ0v) is 17.5. The first kappa shape index (κ1) is 19.5. The summed E-state index contributed by atoms with van der Waals surface area (Å²) in [5, 5.41) is 6.17. The summed E-state index contributed by atoms with van der Waals surface area (Å²) in [7, 11) is 0. The molecule has 0 saturated heterocycles. The molecule has 2 fully saturated rings. The van der Waals surface area contributed by atoms with Gasteiger partial charge < -0.3 is 10.6 Å². The molecule has 3 aromatic carbocycles.